The van der Waals surface area contributed by atoms with Crippen molar-refractivity contribution in [2.75, 3.05) is 11.6 Å². The Bertz CT molecular complexity index is 1110. The molecule has 162 valence electrons. The monoisotopic (exact) mass is 461 g/mol. The van der Waals surface area contributed by atoms with E-state index in [0.717, 1.165) is 16.1 Å². The van der Waals surface area contributed by atoms with E-state index >= 15 is 0 Å². The minimum atomic E-state index is -3.80. The summed E-state index contributed by atoms with van der Waals surface area (Å²) in [5, 5.41) is 3.39. The highest BCUT2D eigenvalue weighted by atomic mass is 32.2. The molecule has 6 heteroatoms. The standard InChI is InChI=1S/C26H24NO3PS/c1-32-25-19-17-21(18-20-25)26(27-22-11-5-2-6-12-22)31(28,29-23-13-7-3-8-14-23)30-24-15-9-4-10-16-24/h2-20,26-27H,1H3. The van der Waals surface area contributed by atoms with Crippen LogP contribution < -0.4 is 14.4 Å². The van der Waals surface area contributed by atoms with Gasteiger partial charge in [0.2, 0.25) is 0 Å². The normalized spacial score (nSPS) is 12.0. The van der Waals surface area contributed by atoms with Gasteiger partial charge in [0, 0.05) is 10.6 Å². The van der Waals surface area contributed by atoms with Crippen LogP contribution in [0.5, 0.6) is 11.5 Å². The molecule has 0 heterocycles. The van der Waals surface area contributed by atoms with E-state index in [0.29, 0.717) is 11.5 Å². The molecule has 0 aromatic heterocycles. The molecule has 4 rings (SSSR count). The summed E-state index contributed by atoms with van der Waals surface area (Å²) in [5.41, 5.74) is 1.63. The maximum Gasteiger partial charge on any atom is 0.457 e. The third-order valence-electron chi connectivity index (χ3n) is 4.78. The minimum absolute atomic E-state index is 0.479. The Labute approximate surface area is 193 Å². The summed E-state index contributed by atoms with van der Waals surface area (Å²) in [7, 11) is -3.80. The van der Waals surface area contributed by atoms with Crippen LogP contribution in [0.2, 0.25) is 0 Å². The number of anilines is 1. The van der Waals surface area contributed by atoms with Crippen LogP contribution in [0.3, 0.4) is 0 Å². The average Bonchev–Trinajstić information content (AvgIpc) is 2.84. The molecule has 1 N–H and O–H groups in total. The largest absolute Gasteiger partial charge is 0.457 e. The maximum absolute atomic E-state index is 14.5. The fourth-order valence-corrected chi connectivity index (χ4v) is 5.54. The number of nitrogens with one attached hydrogen (secondary N) is 1. The van der Waals surface area contributed by atoms with E-state index in [2.05, 4.69) is 5.32 Å². The van der Waals surface area contributed by atoms with Gasteiger partial charge >= 0.3 is 7.60 Å². The van der Waals surface area contributed by atoms with Crippen LogP contribution in [0.25, 0.3) is 0 Å². The van der Waals surface area contributed by atoms with Crippen LogP contribution >= 0.6 is 19.4 Å². The molecule has 0 aliphatic carbocycles. The lowest BCUT2D eigenvalue weighted by atomic mass is 10.2. The van der Waals surface area contributed by atoms with E-state index in [-0.39, 0.29) is 0 Å². The SMILES string of the molecule is CSc1ccc(C(Nc2ccccc2)P(=O)(Oc2ccccc2)Oc2ccccc2)cc1. The Morgan fingerprint density at radius 2 is 1.16 bits per heavy atom. The van der Waals surface area contributed by atoms with Crippen LogP contribution in [-0.2, 0) is 4.57 Å². The molecule has 0 aliphatic rings. The van der Waals surface area contributed by atoms with Crippen molar-refractivity contribution in [3.63, 3.8) is 0 Å². The molecule has 4 nitrogen and oxygen atoms in total. The Hall–Kier alpha value is -3.14. The second-order valence-electron chi connectivity index (χ2n) is 7.03. The number of hydrogen-bond donors (Lipinski definition) is 1. The van der Waals surface area contributed by atoms with Gasteiger partial charge in [-0.3, -0.25) is 0 Å². The third-order valence-corrected chi connectivity index (χ3v) is 7.51. The summed E-state index contributed by atoms with van der Waals surface area (Å²) in [6.45, 7) is 0. The Kier molecular flexibility index (Phi) is 7.21. The van der Waals surface area contributed by atoms with E-state index in [1.54, 1.807) is 36.0 Å². The lowest BCUT2D eigenvalue weighted by Crippen LogP contribution is -2.18. The number of benzene rings is 4. The van der Waals surface area contributed by atoms with E-state index in [9.17, 15) is 4.57 Å². The van der Waals surface area contributed by atoms with Crippen molar-refractivity contribution < 1.29 is 13.6 Å². The molecule has 1 unspecified atom stereocenters. The highest BCUT2D eigenvalue weighted by Crippen LogP contribution is 2.60. The highest BCUT2D eigenvalue weighted by Gasteiger charge is 2.41. The number of rotatable bonds is 9. The molecule has 0 radical (unpaired) electrons. The molecule has 0 spiro atoms. The summed E-state index contributed by atoms with van der Waals surface area (Å²) < 4.78 is 26.7. The lowest BCUT2D eigenvalue weighted by Gasteiger charge is -2.29. The molecule has 0 amide bonds. The maximum atomic E-state index is 14.5. The molecule has 0 aliphatic heterocycles. The predicted molar refractivity (Wildman–Crippen MR) is 133 cm³/mol. The molecule has 1 atom stereocenters. The zero-order chi connectivity index (χ0) is 22.2. The smallest absolute Gasteiger partial charge is 0.414 e. The van der Waals surface area contributed by atoms with Crippen molar-refractivity contribution in [2.45, 2.75) is 10.7 Å². The van der Waals surface area contributed by atoms with Gasteiger partial charge in [-0.25, -0.2) is 4.57 Å². The van der Waals surface area contributed by atoms with Gasteiger partial charge in [-0.15, -0.1) is 11.8 Å². The van der Waals surface area contributed by atoms with Crippen molar-refractivity contribution in [3.05, 3.63) is 121 Å². The minimum Gasteiger partial charge on any atom is -0.414 e. The quantitative estimate of drug-likeness (QED) is 0.203. The molecule has 4 aromatic carbocycles. The summed E-state index contributed by atoms with van der Waals surface area (Å²) in [5.74, 6) is 0.223. The zero-order valence-electron chi connectivity index (χ0n) is 17.6. The second kappa shape index (κ2) is 10.4. The van der Waals surface area contributed by atoms with Gasteiger partial charge in [-0.05, 0) is 60.4 Å². The summed E-state index contributed by atoms with van der Waals surface area (Å²) >= 11 is 1.65. The Morgan fingerprint density at radius 1 is 0.688 bits per heavy atom. The summed E-state index contributed by atoms with van der Waals surface area (Å²) in [6, 6.07) is 35.8. The highest BCUT2D eigenvalue weighted by molar-refractivity contribution is 7.98. The fraction of sp³-hybridized carbons (Fsp3) is 0.0769. The molecular formula is C26H24NO3PS. The molecule has 4 aromatic rings. The lowest BCUT2D eigenvalue weighted by molar-refractivity contribution is 0.376. The number of thioether (sulfide) groups is 1. The van der Waals surface area contributed by atoms with Crippen molar-refractivity contribution in [1.29, 1.82) is 0 Å². The molecule has 0 bridgehead atoms. The van der Waals surface area contributed by atoms with Gasteiger partial charge in [0.05, 0.1) is 0 Å². The molecule has 0 saturated heterocycles. The summed E-state index contributed by atoms with van der Waals surface area (Å²) in [4.78, 5) is 1.12. The van der Waals surface area contributed by atoms with E-state index in [4.69, 9.17) is 9.05 Å². The van der Waals surface area contributed by atoms with Gasteiger partial charge in [-0.1, -0.05) is 66.7 Å². The van der Waals surface area contributed by atoms with E-state index < -0.39 is 13.4 Å². The van der Waals surface area contributed by atoms with Crippen molar-refractivity contribution in [2.24, 2.45) is 0 Å². The van der Waals surface area contributed by atoms with Gasteiger partial charge in [0.15, 0.2) is 5.78 Å². The average molecular weight is 462 g/mol. The van der Waals surface area contributed by atoms with Crippen molar-refractivity contribution >= 4 is 25.0 Å². The first-order chi connectivity index (χ1) is 15.7. The van der Waals surface area contributed by atoms with Crippen LogP contribution in [-0.4, -0.2) is 6.26 Å². The van der Waals surface area contributed by atoms with Crippen LogP contribution in [0.15, 0.2) is 120 Å². The van der Waals surface area contributed by atoms with Gasteiger partial charge < -0.3 is 14.4 Å². The molecule has 0 fully saturated rings. The van der Waals surface area contributed by atoms with E-state index in [1.165, 1.54) is 0 Å². The van der Waals surface area contributed by atoms with E-state index in [1.807, 2.05) is 97.3 Å². The topological polar surface area (TPSA) is 47.6 Å². The Balaban J connectivity index is 1.79. The molecular weight excluding hydrogens is 437 g/mol. The first kappa shape index (κ1) is 22.1. The zero-order valence-corrected chi connectivity index (χ0v) is 19.3. The van der Waals surface area contributed by atoms with Gasteiger partial charge in [0.1, 0.15) is 11.5 Å². The Morgan fingerprint density at radius 3 is 1.62 bits per heavy atom. The predicted octanol–water partition coefficient (Wildman–Crippen LogP) is 7.87. The van der Waals surface area contributed by atoms with Crippen molar-refractivity contribution in [3.8, 4) is 11.5 Å². The van der Waals surface area contributed by atoms with Crippen LogP contribution in [0, 0.1) is 0 Å². The van der Waals surface area contributed by atoms with Crippen LogP contribution in [0.4, 0.5) is 5.69 Å². The fourth-order valence-electron chi connectivity index (χ4n) is 3.20. The first-order valence-corrected chi connectivity index (χ1v) is 13.0. The summed E-state index contributed by atoms with van der Waals surface area (Å²) in [6.07, 6.45) is 2.02. The second-order valence-corrected chi connectivity index (χ2v) is 9.88. The number of para-hydroxylation sites is 3. The van der Waals surface area contributed by atoms with Gasteiger partial charge in [-0.2, -0.15) is 0 Å². The van der Waals surface area contributed by atoms with Crippen LogP contribution in [0.1, 0.15) is 11.3 Å². The first-order valence-electron chi connectivity index (χ1n) is 10.2. The third kappa shape index (κ3) is 5.56. The van der Waals surface area contributed by atoms with Crippen molar-refractivity contribution in [1.82, 2.24) is 0 Å². The number of hydrogen-bond acceptors (Lipinski definition) is 5. The van der Waals surface area contributed by atoms with Gasteiger partial charge in [0.25, 0.3) is 0 Å². The molecule has 0 saturated carbocycles. The molecule has 32 heavy (non-hydrogen) atoms.